The van der Waals surface area contributed by atoms with Crippen LogP contribution in [0, 0.1) is 0 Å². The highest BCUT2D eigenvalue weighted by Crippen LogP contribution is 2.34. The van der Waals surface area contributed by atoms with Crippen LogP contribution in [0.2, 0.25) is 0 Å². The average Bonchev–Trinajstić information content (AvgIpc) is 3.12. The summed E-state index contributed by atoms with van der Waals surface area (Å²) in [6.45, 7) is 3.58. The van der Waals surface area contributed by atoms with Crippen molar-refractivity contribution >= 4 is 26.7 Å². The highest BCUT2D eigenvalue weighted by molar-refractivity contribution is 7.89. The van der Waals surface area contributed by atoms with Crippen LogP contribution in [0.4, 0.5) is 0 Å². The van der Waals surface area contributed by atoms with Gasteiger partial charge in [-0.15, -0.1) is 0 Å². The number of ether oxygens (including phenoxy) is 3. The fourth-order valence-corrected chi connectivity index (χ4v) is 7.97. The van der Waals surface area contributed by atoms with Crippen LogP contribution >= 0.6 is 0 Å². The number of fused-ring (bicyclic) bond motifs is 2. The highest BCUT2D eigenvalue weighted by Gasteiger charge is 2.32. The number of sulfonamides is 1. The fourth-order valence-electron chi connectivity index (χ4n) is 6.73. The molecule has 1 amide bonds. The van der Waals surface area contributed by atoms with Crippen molar-refractivity contribution in [2.75, 3.05) is 19.7 Å². The topological polar surface area (TPSA) is 106 Å². The lowest BCUT2D eigenvalue weighted by Crippen LogP contribution is -2.42. The lowest BCUT2D eigenvalue weighted by atomic mass is 9.98. The maximum atomic E-state index is 13.8. The molecule has 4 aliphatic rings. The number of piperidine rings is 1. The van der Waals surface area contributed by atoms with Gasteiger partial charge in [0.15, 0.2) is 11.5 Å². The Balaban J connectivity index is 1.09. The summed E-state index contributed by atoms with van der Waals surface area (Å²) >= 11 is 0. The molecule has 250 valence electrons. The van der Waals surface area contributed by atoms with Gasteiger partial charge in [-0.1, -0.05) is 67.1 Å². The van der Waals surface area contributed by atoms with Crippen LogP contribution in [-0.2, 0) is 30.8 Å². The summed E-state index contributed by atoms with van der Waals surface area (Å²) in [5.41, 5.74) is 3.05. The number of amides is 1. The molecule has 0 saturated carbocycles. The first-order chi connectivity index (χ1) is 23.4. The zero-order valence-corrected chi connectivity index (χ0v) is 27.7. The van der Waals surface area contributed by atoms with Gasteiger partial charge >= 0.3 is 0 Å². The van der Waals surface area contributed by atoms with Crippen molar-refractivity contribution in [2.24, 2.45) is 0 Å². The first-order valence-electron chi connectivity index (χ1n) is 16.8. The van der Waals surface area contributed by atoms with E-state index in [4.69, 9.17) is 14.2 Å². The smallest absolute Gasteiger partial charge is 0.241 e. The second kappa shape index (κ2) is 14.4. The Morgan fingerprint density at radius 2 is 1.83 bits per heavy atom. The summed E-state index contributed by atoms with van der Waals surface area (Å²) in [7, 11) is -4.06. The fraction of sp³-hybridized carbons (Fsp3) is 0.342. The van der Waals surface area contributed by atoms with Crippen LogP contribution in [0.1, 0.15) is 62.1 Å². The second-order valence-corrected chi connectivity index (χ2v) is 14.5. The number of benzene rings is 3. The van der Waals surface area contributed by atoms with Crippen molar-refractivity contribution in [1.82, 2.24) is 14.9 Å². The zero-order valence-electron chi connectivity index (χ0n) is 26.9. The molecule has 3 aromatic carbocycles. The summed E-state index contributed by atoms with van der Waals surface area (Å²) in [4.78, 5) is 16.3. The van der Waals surface area contributed by atoms with Crippen molar-refractivity contribution in [3.05, 3.63) is 120 Å². The third-order valence-electron chi connectivity index (χ3n) is 9.29. The van der Waals surface area contributed by atoms with Gasteiger partial charge in [0.05, 0.1) is 30.0 Å². The van der Waals surface area contributed by atoms with Crippen LogP contribution in [0.5, 0.6) is 5.75 Å². The molecule has 3 heterocycles. The Bertz CT molecular complexity index is 1910. The molecule has 10 heteroatoms. The monoisotopic (exact) mass is 667 g/mol. The Morgan fingerprint density at radius 1 is 0.979 bits per heavy atom. The molecule has 0 aromatic heterocycles. The van der Waals surface area contributed by atoms with Gasteiger partial charge in [-0.3, -0.25) is 9.69 Å². The van der Waals surface area contributed by atoms with E-state index >= 15 is 0 Å². The van der Waals surface area contributed by atoms with Gasteiger partial charge in [0, 0.05) is 18.5 Å². The quantitative estimate of drug-likeness (QED) is 0.254. The van der Waals surface area contributed by atoms with Crippen LogP contribution in [0.3, 0.4) is 0 Å². The minimum atomic E-state index is -4.06. The predicted octanol–water partition coefficient (Wildman–Crippen LogP) is 6.51. The van der Waals surface area contributed by atoms with Crippen molar-refractivity contribution in [3.8, 4) is 5.75 Å². The molecule has 1 saturated heterocycles. The average molecular weight is 668 g/mol. The van der Waals surface area contributed by atoms with Crippen LogP contribution in [-0.4, -0.2) is 45.0 Å². The van der Waals surface area contributed by atoms with Crippen LogP contribution < -0.4 is 14.8 Å². The number of carbonyl (C=O) groups is 1. The molecule has 0 bridgehead atoms. The molecule has 3 aliphatic heterocycles. The van der Waals surface area contributed by atoms with E-state index in [0.717, 1.165) is 60.1 Å². The molecule has 0 radical (unpaired) electrons. The molecule has 2 atom stereocenters. The van der Waals surface area contributed by atoms with Gasteiger partial charge < -0.3 is 19.5 Å². The highest BCUT2D eigenvalue weighted by atomic mass is 32.2. The Hall–Kier alpha value is -4.38. The minimum absolute atomic E-state index is 0.0959. The normalized spacial score (nSPS) is 20.2. The molecule has 1 fully saturated rings. The van der Waals surface area contributed by atoms with Gasteiger partial charge in [0.2, 0.25) is 15.9 Å². The van der Waals surface area contributed by atoms with Gasteiger partial charge in [0.25, 0.3) is 0 Å². The summed E-state index contributed by atoms with van der Waals surface area (Å²) in [6.07, 6.45) is 14.6. The van der Waals surface area contributed by atoms with Crippen LogP contribution in [0.15, 0.2) is 113 Å². The number of hydrogen-bond acceptors (Lipinski definition) is 7. The molecule has 2 N–H and O–H groups in total. The first-order valence-corrected chi connectivity index (χ1v) is 18.3. The van der Waals surface area contributed by atoms with E-state index < -0.39 is 16.1 Å². The molecule has 9 nitrogen and oxygen atoms in total. The lowest BCUT2D eigenvalue weighted by Gasteiger charge is -2.30. The second-order valence-electron chi connectivity index (χ2n) is 12.8. The van der Waals surface area contributed by atoms with Gasteiger partial charge in [0.1, 0.15) is 18.3 Å². The molecular formula is C38H41N3O6S. The number of allylic oxidation sites excluding steroid dienone is 4. The maximum absolute atomic E-state index is 13.8. The Labute approximate surface area is 282 Å². The van der Waals surface area contributed by atoms with E-state index in [9.17, 15) is 13.2 Å². The summed E-state index contributed by atoms with van der Waals surface area (Å²) < 4.78 is 48.3. The zero-order chi connectivity index (χ0) is 32.9. The number of likely N-dealkylation sites (tertiary alicyclic amines) is 1. The Morgan fingerprint density at radius 3 is 2.67 bits per heavy atom. The van der Waals surface area contributed by atoms with Crippen molar-refractivity contribution in [1.29, 1.82) is 0 Å². The minimum Gasteiger partial charge on any atom is -0.493 e. The van der Waals surface area contributed by atoms with E-state index in [1.807, 2.05) is 42.5 Å². The maximum Gasteiger partial charge on any atom is 0.241 e. The van der Waals surface area contributed by atoms with E-state index in [0.29, 0.717) is 18.8 Å². The van der Waals surface area contributed by atoms with Crippen molar-refractivity contribution in [3.63, 3.8) is 0 Å². The molecule has 3 aromatic rings. The van der Waals surface area contributed by atoms with E-state index in [1.54, 1.807) is 18.2 Å². The largest absolute Gasteiger partial charge is 0.493 e. The predicted molar refractivity (Wildman–Crippen MR) is 184 cm³/mol. The summed E-state index contributed by atoms with van der Waals surface area (Å²) in [5.74, 6) is 1.16. The Kier molecular flexibility index (Phi) is 9.65. The standard InChI is InChI=1S/C38H41N3O6S/c42-38(39-33-17-20-46-35-21-27(13-16-32(33)35)24-41-18-7-2-8-19-41)23-34(37-26-45-25-36(47-37)29-10-3-1-4-11-29)40-48(43,44)31-15-14-28-9-5-6-12-30(28)22-31/h1,3,5-6,9-10,12-16,21-22,25-26,33-34,40H,2,4,7-8,11,17-20,23-24H2,(H,39,42). The molecule has 7 rings (SSSR count). The molecule has 2 unspecified atom stereocenters. The summed E-state index contributed by atoms with van der Waals surface area (Å²) in [6, 6.07) is 17.5. The number of nitrogens with one attached hydrogen (secondary N) is 2. The van der Waals surface area contributed by atoms with Crippen molar-refractivity contribution in [2.45, 2.75) is 68.5 Å². The third-order valence-corrected chi connectivity index (χ3v) is 10.8. The number of hydrogen-bond donors (Lipinski definition) is 2. The van der Waals surface area contributed by atoms with Gasteiger partial charge in [-0.2, -0.15) is 4.72 Å². The molecular weight excluding hydrogens is 627 g/mol. The molecule has 1 aliphatic carbocycles. The number of nitrogens with zero attached hydrogens (tertiary/aromatic N) is 1. The van der Waals surface area contributed by atoms with Gasteiger partial charge in [-0.05, 0) is 78.9 Å². The number of rotatable bonds is 10. The first kappa shape index (κ1) is 32.2. The van der Waals surface area contributed by atoms with E-state index in [-0.39, 0.29) is 29.0 Å². The molecule has 48 heavy (non-hydrogen) atoms. The SMILES string of the molecule is O=C(CC(NS(=O)(=O)c1ccc2ccccc2c1)C1=COC=C(C2=CC=CCC2)O1)NC1CCOc2cc(CN3CCCCC3)ccc21. The van der Waals surface area contributed by atoms with Crippen LogP contribution in [0.25, 0.3) is 10.8 Å². The summed E-state index contributed by atoms with van der Waals surface area (Å²) in [5, 5.41) is 4.87. The van der Waals surface area contributed by atoms with Gasteiger partial charge in [-0.25, -0.2) is 8.42 Å². The molecule has 0 spiro atoms. The van der Waals surface area contributed by atoms with E-state index in [2.05, 4.69) is 33.1 Å². The van der Waals surface area contributed by atoms with E-state index in [1.165, 1.54) is 37.4 Å². The third kappa shape index (κ3) is 7.51. The number of carbonyl (C=O) groups excluding carboxylic acids is 1. The van der Waals surface area contributed by atoms with Crippen molar-refractivity contribution < 1.29 is 27.4 Å². The lowest BCUT2D eigenvalue weighted by molar-refractivity contribution is -0.122.